The van der Waals surface area contributed by atoms with Crippen LogP contribution in [0.2, 0.25) is 0 Å². The van der Waals surface area contributed by atoms with Crippen molar-refractivity contribution in [2.24, 2.45) is 0 Å². The zero-order valence-electron chi connectivity index (χ0n) is 11.9. The summed E-state index contributed by atoms with van der Waals surface area (Å²) in [6, 6.07) is 7.79. The number of thiophene rings is 2. The molecule has 4 rings (SSSR count). The number of rotatable bonds is 5. The zero-order chi connectivity index (χ0) is 15.6. The van der Waals surface area contributed by atoms with E-state index in [0.29, 0.717) is 22.9 Å². The van der Waals surface area contributed by atoms with Crippen molar-refractivity contribution in [1.29, 1.82) is 0 Å². The average molecular weight is 362 g/mol. The van der Waals surface area contributed by atoms with Crippen LogP contribution in [-0.4, -0.2) is 20.4 Å². The first-order valence-corrected chi connectivity index (χ1v) is 9.35. The van der Waals surface area contributed by atoms with Crippen molar-refractivity contribution in [2.45, 2.75) is 17.4 Å². The van der Waals surface area contributed by atoms with Crippen LogP contribution in [0.1, 0.15) is 18.1 Å². The summed E-state index contributed by atoms with van der Waals surface area (Å²) in [6.07, 6.45) is 0. The highest BCUT2D eigenvalue weighted by Crippen LogP contribution is 2.36. The fraction of sp³-hybridized carbons (Fsp3) is 0.143. The van der Waals surface area contributed by atoms with Crippen molar-refractivity contribution >= 4 is 34.4 Å². The quantitative estimate of drug-likeness (QED) is 0.473. The molecule has 6 nitrogen and oxygen atoms in total. The largest absolute Gasteiger partial charge is 0.419 e. The first-order chi connectivity index (χ1) is 11.3. The van der Waals surface area contributed by atoms with Crippen molar-refractivity contribution in [3.63, 3.8) is 0 Å². The van der Waals surface area contributed by atoms with E-state index in [4.69, 9.17) is 8.83 Å². The second kappa shape index (κ2) is 6.26. The third kappa shape index (κ3) is 3.07. The Morgan fingerprint density at radius 2 is 1.57 bits per heavy atom. The van der Waals surface area contributed by atoms with Gasteiger partial charge in [-0.25, -0.2) is 0 Å². The minimum Gasteiger partial charge on any atom is -0.419 e. The molecular formula is C14H10N4O2S3. The molecule has 4 aromatic rings. The van der Waals surface area contributed by atoms with Crippen molar-refractivity contribution < 1.29 is 8.83 Å². The molecule has 0 amide bonds. The Bertz CT molecular complexity index is 883. The van der Waals surface area contributed by atoms with Crippen LogP contribution in [0.4, 0.5) is 0 Å². The van der Waals surface area contributed by atoms with E-state index in [1.54, 1.807) is 22.7 Å². The molecule has 23 heavy (non-hydrogen) atoms. The van der Waals surface area contributed by atoms with Gasteiger partial charge in [-0.3, -0.25) is 0 Å². The first-order valence-electron chi connectivity index (χ1n) is 6.71. The number of nitrogens with zero attached hydrogens (tertiary/aromatic N) is 4. The number of thioether (sulfide) groups is 1. The molecule has 4 heterocycles. The van der Waals surface area contributed by atoms with Gasteiger partial charge < -0.3 is 8.83 Å². The van der Waals surface area contributed by atoms with E-state index in [-0.39, 0.29) is 5.25 Å². The molecule has 0 aliphatic rings. The lowest BCUT2D eigenvalue weighted by atomic mass is 10.5. The highest BCUT2D eigenvalue weighted by Gasteiger charge is 2.20. The van der Waals surface area contributed by atoms with Gasteiger partial charge in [0.15, 0.2) is 0 Å². The monoisotopic (exact) mass is 362 g/mol. The van der Waals surface area contributed by atoms with Gasteiger partial charge in [0.2, 0.25) is 5.89 Å². The Balaban J connectivity index is 1.49. The smallest absolute Gasteiger partial charge is 0.277 e. The summed E-state index contributed by atoms with van der Waals surface area (Å²) in [5.41, 5.74) is 0. The highest BCUT2D eigenvalue weighted by molar-refractivity contribution is 7.99. The second-order valence-electron chi connectivity index (χ2n) is 4.53. The maximum absolute atomic E-state index is 5.72. The molecule has 9 heteroatoms. The first kappa shape index (κ1) is 14.6. The van der Waals surface area contributed by atoms with Crippen LogP contribution < -0.4 is 0 Å². The van der Waals surface area contributed by atoms with E-state index in [2.05, 4.69) is 20.4 Å². The molecule has 0 aliphatic carbocycles. The molecule has 4 aromatic heterocycles. The maximum atomic E-state index is 5.72. The summed E-state index contributed by atoms with van der Waals surface area (Å²) in [5.74, 6) is 1.60. The molecule has 0 aliphatic heterocycles. The topological polar surface area (TPSA) is 77.8 Å². The fourth-order valence-electron chi connectivity index (χ4n) is 1.86. The lowest BCUT2D eigenvalue weighted by Gasteiger charge is -2.01. The van der Waals surface area contributed by atoms with E-state index >= 15 is 0 Å². The maximum Gasteiger partial charge on any atom is 0.277 e. The van der Waals surface area contributed by atoms with Gasteiger partial charge in [-0.05, 0) is 29.8 Å². The normalized spacial score (nSPS) is 12.6. The number of hydrogen-bond donors (Lipinski definition) is 0. The Morgan fingerprint density at radius 3 is 2.22 bits per heavy atom. The summed E-state index contributed by atoms with van der Waals surface area (Å²) in [5, 5.41) is 20.7. The standard InChI is InChI=1S/C14H10N4O2S3/c1-8(11-15-16-12(19-11)9-4-2-6-21-9)23-14-18-17-13(20-14)10-5-3-7-22-10/h2-8H,1H3/t8-/m0/s1. The van der Waals surface area contributed by atoms with Crippen LogP contribution in [0.15, 0.2) is 49.1 Å². The van der Waals surface area contributed by atoms with E-state index in [1.807, 2.05) is 41.9 Å². The van der Waals surface area contributed by atoms with Gasteiger partial charge in [0.25, 0.3) is 17.0 Å². The van der Waals surface area contributed by atoms with Crippen LogP contribution in [0.5, 0.6) is 0 Å². The van der Waals surface area contributed by atoms with Crippen molar-refractivity contribution in [1.82, 2.24) is 20.4 Å². The molecule has 0 radical (unpaired) electrons. The molecule has 0 aromatic carbocycles. The average Bonchev–Trinajstić information content (AvgIpc) is 3.30. The minimum absolute atomic E-state index is 0.0761. The van der Waals surface area contributed by atoms with Crippen molar-refractivity contribution in [2.75, 3.05) is 0 Å². The van der Waals surface area contributed by atoms with Crippen molar-refractivity contribution in [3.05, 3.63) is 40.9 Å². The molecule has 1 atom stereocenters. The van der Waals surface area contributed by atoms with Crippen LogP contribution in [-0.2, 0) is 0 Å². The summed E-state index contributed by atoms with van der Waals surface area (Å²) in [7, 11) is 0. The van der Waals surface area contributed by atoms with Crippen LogP contribution >= 0.6 is 34.4 Å². The third-order valence-electron chi connectivity index (χ3n) is 2.94. The summed E-state index contributed by atoms with van der Waals surface area (Å²) < 4.78 is 11.4. The molecular weight excluding hydrogens is 352 g/mol. The van der Waals surface area contributed by atoms with Gasteiger partial charge in [0.05, 0.1) is 15.0 Å². The number of aromatic nitrogens is 4. The summed E-state index contributed by atoms with van der Waals surface area (Å²) >= 11 is 4.52. The van der Waals surface area contributed by atoms with Gasteiger partial charge in [0, 0.05) is 0 Å². The van der Waals surface area contributed by atoms with Gasteiger partial charge in [-0.2, -0.15) is 0 Å². The Labute approximate surface area is 143 Å². The Morgan fingerprint density at radius 1 is 0.913 bits per heavy atom. The molecule has 0 spiro atoms. The van der Waals surface area contributed by atoms with Gasteiger partial charge >= 0.3 is 0 Å². The third-order valence-corrected chi connectivity index (χ3v) is 5.57. The van der Waals surface area contributed by atoms with E-state index in [1.165, 1.54) is 11.8 Å². The van der Waals surface area contributed by atoms with E-state index in [0.717, 1.165) is 9.75 Å². The van der Waals surface area contributed by atoms with Gasteiger partial charge in [-0.15, -0.1) is 43.1 Å². The molecule has 0 fully saturated rings. The molecule has 116 valence electrons. The predicted octanol–water partition coefficient (Wildman–Crippen LogP) is 4.76. The lowest BCUT2D eigenvalue weighted by molar-refractivity contribution is 0.462. The molecule has 0 unspecified atom stereocenters. The lowest BCUT2D eigenvalue weighted by Crippen LogP contribution is -1.88. The molecule has 0 bridgehead atoms. The fourth-order valence-corrected chi connectivity index (χ4v) is 3.86. The van der Waals surface area contributed by atoms with Crippen LogP contribution in [0.25, 0.3) is 21.5 Å². The Kier molecular flexibility index (Phi) is 3.98. The van der Waals surface area contributed by atoms with Crippen LogP contribution in [0.3, 0.4) is 0 Å². The number of hydrogen-bond acceptors (Lipinski definition) is 9. The molecule has 0 N–H and O–H groups in total. The summed E-state index contributed by atoms with van der Waals surface area (Å²) in [4.78, 5) is 1.91. The second-order valence-corrected chi connectivity index (χ2v) is 7.72. The van der Waals surface area contributed by atoms with Crippen LogP contribution in [0, 0.1) is 0 Å². The van der Waals surface area contributed by atoms with E-state index < -0.39 is 0 Å². The SMILES string of the molecule is C[C@H](Sc1nnc(-c2cccs2)o1)c1nnc(-c2cccs2)o1. The minimum atomic E-state index is -0.0761. The predicted molar refractivity (Wildman–Crippen MR) is 89.5 cm³/mol. The van der Waals surface area contributed by atoms with Gasteiger partial charge in [0.1, 0.15) is 0 Å². The van der Waals surface area contributed by atoms with Gasteiger partial charge in [-0.1, -0.05) is 23.9 Å². The Hall–Kier alpha value is -1.97. The van der Waals surface area contributed by atoms with Crippen molar-refractivity contribution in [3.8, 4) is 21.5 Å². The summed E-state index contributed by atoms with van der Waals surface area (Å²) in [6.45, 7) is 1.96. The highest BCUT2D eigenvalue weighted by atomic mass is 32.2. The molecule has 0 saturated carbocycles. The zero-order valence-corrected chi connectivity index (χ0v) is 14.3. The van der Waals surface area contributed by atoms with E-state index in [9.17, 15) is 0 Å². The molecule has 0 saturated heterocycles.